The molecule has 1 aromatic carbocycles. The Labute approximate surface area is 108 Å². The maximum atomic E-state index is 13.5. The van der Waals surface area contributed by atoms with E-state index in [0.29, 0.717) is 37.7 Å². The first-order valence-corrected chi connectivity index (χ1v) is 5.99. The number of primary amides is 1. The first-order chi connectivity index (χ1) is 9.15. The average Bonchev–Trinajstić information content (AvgIpc) is 2.84. The molecule has 0 aliphatic carbocycles. The zero-order chi connectivity index (χ0) is 13.4. The van der Waals surface area contributed by atoms with Crippen LogP contribution in [-0.4, -0.2) is 42.1 Å². The molecule has 1 aliphatic heterocycles. The molecule has 1 saturated heterocycles. The largest absolute Gasteiger partial charge is 0.420 e. The van der Waals surface area contributed by atoms with Gasteiger partial charge in [-0.05, 0) is 12.1 Å². The summed E-state index contributed by atoms with van der Waals surface area (Å²) in [4.78, 5) is 18.7. The van der Waals surface area contributed by atoms with Gasteiger partial charge in [-0.2, -0.15) is 4.98 Å². The highest BCUT2D eigenvalue weighted by atomic mass is 19.1. The second-order valence-electron chi connectivity index (χ2n) is 4.40. The molecule has 1 aliphatic rings. The number of piperazine rings is 1. The summed E-state index contributed by atoms with van der Waals surface area (Å²) in [5.41, 5.74) is 5.87. The molecule has 7 heteroatoms. The van der Waals surface area contributed by atoms with Crippen LogP contribution in [0.2, 0.25) is 0 Å². The lowest BCUT2D eigenvalue weighted by atomic mass is 10.3. The third-order valence-corrected chi connectivity index (χ3v) is 3.22. The van der Waals surface area contributed by atoms with Gasteiger partial charge in [0.1, 0.15) is 5.52 Å². The lowest BCUT2D eigenvalue weighted by Crippen LogP contribution is -2.50. The van der Waals surface area contributed by atoms with Crippen molar-refractivity contribution in [3.05, 3.63) is 24.0 Å². The fourth-order valence-electron chi connectivity index (χ4n) is 2.16. The van der Waals surface area contributed by atoms with Gasteiger partial charge in [0.15, 0.2) is 11.4 Å². The van der Waals surface area contributed by atoms with Gasteiger partial charge in [0.25, 0.3) is 6.01 Å². The van der Waals surface area contributed by atoms with E-state index in [4.69, 9.17) is 10.2 Å². The Bertz CT molecular complexity index is 619. The number of hydrogen-bond acceptors (Lipinski definition) is 4. The Balaban J connectivity index is 1.82. The van der Waals surface area contributed by atoms with Gasteiger partial charge in [-0.25, -0.2) is 9.18 Å². The summed E-state index contributed by atoms with van der Waals surface area (Å²) >= 11 is 0. The van der Waals surface area contributed by atoms with Crippen molar-refractivity contribution < 1.29 is 13.6 Å². The van der Waals surface area contributed by atoms with E-state index in [0.717, 1.165) is 0 Å². The number of nitrogens with zero attached hydrogens (tertiary/aromatic N) is 3. The van der Waals surface area contributed by atoms with Crippen molar-refractivity contribution >= 4 is 23.1 Å². The summed E-state index contributed by atoms with van der Waals surface area (Å²) in [6.45, 7) is 2.15. The lowest BCUT2D eigenvalue weighted by Gasteiger charge is -2.32. The maximum absolute atomic E-state index is 13.5. The maximum Gasteiger partial charge on any atom is 0.314 e. The number of para-hydroxylation sites is 1. The minimum absolute atomic E-state index is 0.162. The van der Waals surface area contributed by atoms with Gasteiger partial charge in [0, 0.05) is 26.2 Å². The second kappa shape index (κ2) is 4.42. The van der Waals surface area contributed by atoms with E-state index in [9.17, 15) is 9.18 Å². The van der Waals surface area contributed by atoms with Gasteiger partial charge in [-0.3, -0.25) is 0 Å². The number of oxazole rings is 1. The molecule has 1 fully saturated rings. The first kappa shape index (κ1) is 11.8. The standard InChI is InChI=1S/C12H13FN4O2/c13-8-2-1-3-9-10(8)19-12(15-9)17-6-4-16(5-7-17)11(14)18/h1-3H,4-7H2,(H2,14,18). The molecule has 6 nitrogen and oxygen atoms in total. The van der Waals surface area contributed by atoms with E-state index in [1.807, 2.05) is 4.90 Å². The van der Waals surface area contributed by atoms with Gasteiger partial charge in [-0.15, -0.1) is 0 Å². The number of hydrogen-bond donors (Lipinski definition) is 1. The topological polar surface area (TPSA) is 75.6 Å². The fraction of sp³-hybridized carbons (Fsp3) is 0.333. The van der Waals surface area contributed by atoms with Crippen LogP contribution in [0.25, 0.3) is 11.1 Å². The summed E-state index contributed by atoms with van der Waals surface area (Å²) in [6.07, 6.45) is 0. The highest BCUT2D eigenvalue weighted by Gasteiger charge is 2.23. The smallest absolute Gasteiger partial charge is 0.314 e. The second-order valence-corrected chi connectivity index (χ2v) is 4.40. The van der Waals surface area contributed by atoms with Crippen LogP contribution < -0.4 is 10.6 Å². The molecule has 0 unspecified atom stereocenters. The molecule has 100 valence electrons. The summed E-state index contributed by atoms with van der Waals surface area (Å²) in [7, 11) is 0. The highest BCUT2D eigenvalue weighted by molar-refractivity contribution is 5.75. The van der Waals surface area contributed by atoms with Crippen LogP contribution in [0.1, 0.15) is 0 Å². The Hall–Kier alpha value is -2.31. The third kappa shape index (κ3) is 2.07. The lowest BCUT2D eigenvalue weighted by molar-refractivity contribution is 0.203. The molecule has 0 radical (unpaired) electrons. The van der Waals surface area contributed by atoms with Crippen LogP contribution in [0.5, 0.6) is 0 Å². The van der Waals surface area contributed by atoms with E-state index >= 15 is 0 Å². The molecular weight excluding hydrogens is 251 g/mol. The van der Waals surface area contributed by atoms with Crippen molar-refractivity contribution in [3.63, 3.8) is 0 Å². The normalized spacial score (nSPS) is 16.1. The van der Waals surface area contributed by atoms with E-state index in [1.54, 1.807) is 17.0 Å². The molecule has 19 heavy (non-hydrogen) atoms. The predicted molar refractivity (Wildman–Crippen MR) is 67.3 cm³/mol. The summed E-state index contributed by atoms with van der Waals surface area (Å²) < 4.78 is 19.0. The zero-order valence-electron chi connectivity index (χ0n) is 10.2. The monoisotopic (exact) mass is 264 g/mol. The Morgan fingerprint density at radius 1 is 1.32 bits per heavy atom. The van der Waals surface area contributed by atoms with Crippen LogP contribution in [0.4, 0.5) is 15.2 Å². The predicted octanol–water partition coefficient (Wildman–Crippen LogP) is 1.17. The highest BCUT2D eigenvalue weighted by Crippen LogP contribution is 2.24. The summed E-state index contributed by atoms with van der Waals surface area (Å²) in [6, 6.07) is 4.58. The number of urea groups is 1. The van der Waals surface area contributed by atoms with Crippen LogP contribution in [0.15, 0.2) is 22.6 Å². The van der Waals surface area contributed by atoms with Crippen LogP contribution in [0, 0.1) is 5.82 Å². The first-order valence-electron chi connectivity index (χ1n) is 5.99. The molecule has 0 atom stereocenters. The molecule has 2 amide bonds. The SMILES string of the molecule is NC(=O)N1CCN(c2nc3cccc(F)c3o2)CC1. The molecule has 1 aromatic heterocycles. The number of aromatic nitrogens is 1. The van der Waals surface area contributed by atoms with Gasteiger partial charge >= 0.3 is 6.03 Å². The zero-order valence-corrected chi connectivity index (χ0v) is 10.2. The molecule has 2 N–H and O–H groups in total. The number of rotatable bonds is 1. The number of amides is 2. The van der Waals surface area contributed by atoms with Gasteiger partial charge < -0.3 is 20.0 Å². The Kier molecular flexibility index (Phi) is 2.73. The Morgan fingerprint density at radius 3 is 2.68 bits per heavy atom. The number of benzene rings is 1. The van der Waals surface area contributed by atoms with E-state index in [2.05, 4.69) is 4.98 Å². The summed E-state index contributed by atoms with van der Waals surface area (Å²) in [5.74, 6) is -0.424. The van der Waals surface area contributed by atoms with Crippen molar-refractivity contribution in [2.45, 2.75) is 0 Å². The third-order valence-electron chi connectivity index (χ3n) is 3.22. The van der Waals surface area contributed by atoms with Gasteiger partial charge in [-0.1, -0.05) is 6.07 Å². The van der Waals surface area contributed by atoms with Crippen LogP contribution in [-0.2, 0) is 0 Å². The van der Waals surface area contributed by atoms with E-state index in [1.165, 1.54) is 6.07 Å². The minimum atomic E-state index is -0.428. The Morgan fingerprint density at radius 2 is 2.05 bits per heavy atom. The number of anilines is 1. The number of nitrogens with two attached hydrogens (primary N) is 1. The minimum Gasteiger partial charge on any atom is -0.420 e. The molecule has 2 aromatic rings. The van der Waals surface area contributed by atoms with Crippen molar-refractivity contribution in [1.29, 1.82) is 0 Å². The van der Waals surface area contributed by atoms with Crippen molar-refractivity contribution in [2.24, 2.45) is 5.73 Å². The fourth-order valence-corrected chi connectivity index (χ4v) is 2.16. The molecule has 3 rings (SSSR count). The quantitative estimate of drug-likeness (QED) is 0.838. The number of fused-ring (bicyclic) bond motifs is 1. The van der Waals surface area contributed by atoms with Crippen LogP contribution in [0.3, 0.4) is 0 Å². The molecule has 0 bridgehead atoms. The van der Waals surface area contributed by atoms with Crippen molar-refractivity contribution in [3.8, 4) is 0 Å². The summed E-state index contributed by atoms with van der Waals surface area (Å²) in [5, 5.41) is 0. The molecule has 2 heterocycles. The number of halogens is 1. The molecular formula is C12H13FN4O2. The van der Waals surface area contributed by atoms with E-state index in [-0.39, 0.29) is 5.58 Å². The number of carbonyl (C=O) groups excluding carboxylic acids is 1. The molecule has 0 spiro atoms. The van der Waals surface area contributed by atoms with Gasteiger partial charge in [0.05, 0.1) is 0 Å². The van der Waals surface area contributed by atoms with Gasteiger partial charge in [0.2, 0.25) is 0 Å². The number of carbonyl (C=O) groups is 1. The van der Waals surface area contributed by atoms with Crippen molar-refractivity contribution in [2.75, 3.05) is 31.1 Å². The van der Waals surface area contributed by atoms with Crippen molar-refractivity contribution in [1.82, 2.24) is 9.88 Å². The molecule has 0 saturated carbocycles. The average molecular weight is 264 g/mol. The van der Waals surface area contributed by atoms with Crippen LogP contribution >= 0.6 is 0 Å². The van der Waals surface area contributed by atoms with E-state index < -0.39 is 11.8 Å².